The van der Waals surface area contributed by atoms with Gasteiger partial charge in [-0.1, -0.05) is 13.0 Å². The summed E-state index contributed by atoms with van der Waals surface area (Å²) in [7, 11) is -2.46. The Balaban J connectivity index is 2.32. The van der Waals surface area contributed by atoms with E-state index in [-0.39, 0.29) is 17.2 Å². The van der Waals surface area contributed by atoms with Crippen molar-refractivity contribution in [2.24, 2.45) is 5.92 Å². The number of hydrogen-bond donors (Lipinski definition) is 1. The number of hydrogen-bond acceptors (Lipinski definition) is 4. The Morgan fingerprint density at radius 2 is 2.05 bits per heavy atom. The molecule has 0 radical (unpaired) electrons. The van der Waals surface area contributed by atoms with Gasteiger partial charge in [0.1, 0.15) is 0 Å². The minimum absolute atomic E-state index is 0.0292. The number of carboxylic acids is 1. The highest BCUT2D eigenvalue weighted by Gasteiger charge is 2.27. The average molecular weight is 325 g/mol. The average Bonchev–Trinajstić information content (AvgIpc) is 2.47. The summed E-state index contributed by atoms with van der Waals surface area (Å²) in [6.45, 7) is 1.33. The second kappa shape index (κ2) is 6.18. The van der Waals surface area contributed by atoms with E-state index in [1.807, 2.05) is 0 Å². The quantitative estimate of drug-likeness (QED) is 0.886. The number of fused-ring (bicyclic) bond motifs is 1. The first-order valence-corrected chi connectivity index (χ1v) is 8.52. The Hall–Kier alpha value is -1.73. The van der Waals surface area contributed by atoms with Gasteiger partial charge in [0.2, 0.25) is 10.0 Å². The van der Waals surface area contributed by atoms with Crippen molar-refractivity contribution in [1.82, 2.24) is 4.31 Å². The molecule has 0 saturated carbocycles. The predicted octanol–water partition coefficient (Wildman–Crippen LogP) is 1.55. The van der Waals surface area contributed by atoms with Gasteiger partial charge in [-0.25, -0.2) is 12.7 Å². The molecule has 1 atom stereocenters. The zero-order valence-corrected chi connectivity index (χ0v) is 13.4. The van der Waals surface area contributed by atoms with E-state index in [2.05, 4.69) is 0 Å². The molecule has 1 aliphatic rings. The van der Waals surface area contributed by atoms with Crippen LogP contribution >= 0.6 is 0 Å². The zero-order valence-electron chi connectivity index (χ0n) is 12.6. The minimum Gasteiger partial charge on any atom is -0.481 e. The largest absolute Gasteiger partial charge is 0.481 e. The highest BCUT2D eigenvalue weighted by molar-refractivity contribution is 7.89. The van der Waals surface area contributed by atoms with Gasteiger partial charge in [0.15, 0.2) is 5.78 Å². The van der Waals surface area contributed by atoms with Gasteiger partial charge in [-0.3, -0.25) is 9.59 Å². The molecule has 1 unspecified atom stereocenters. The summed E-state index contributed by atoms with van der Waals surface area (Å²) in [6, 6.07) is 4.57. The summed E-state index contributed by atoms with van der Waals surface area (Å²) in [5.41, 5.74) is 1.34. The number of nitrogens with zero attached hydrogens (tertiary/aromatic N) is 1. The molecule has 0 spiro atoms. The highest BCUT2D eigenvalue weighted by atomic mass is 32.2. The van der Waals surface area contributed by atoms with Gasteiger partial charge in [0, 0.05) is 25.6 Å². The van der Waals surface area contributed by atoms with Gasteiger partial charge in [0.25, 0.3) is 0 Å². The lowest BCUT2D eigenvalue weighted by atomic mass is 9.91. The number of aliphatic carboxylic acids is 1. The standard InChI is InChI=1S/C15H19NO5S/c1-10(15(18)19)9-16(2)22(20,21)12-7-6-11-4-3-5-14(17)13(11)8-12/h6-8,10H,3-5,9H2,1-2H3,(H,18,19). The lowest BCUT2D eigenvalue weighted by Gasteiger charge is -2.21. The van der Waals surface area contributed by atoms with E-state index in [9.17, 15) is 18.0 Å². The molecular formula is C15H19NO5S. The molecule has 7 heteroatoms. The van der Waals surface area contributed by atoms with Gasteiger partial charge in [-0.2, -0.15) is 0 Å². The first kappa shape index (κ1) is 16.6. The van der Waals surface area contributed by atoms with Gasteiger partial charge in [-0.05, 0) is 30.5 Å². The van der Waals surface area contributed by atoms with Crippen LogP contribution in [0.5, 0.6) is 0 Å². The van der Waals surface area contributed by atoms with Crippen LogP contribution in [0.4, 0.5) is 0 Å². The van der Waals surface area contributed by atoms with Gasteiger partial charge in [-0.15, -0.1) is 0 Å². The van der Waals surface area contributed by atoms with E-state index in [0.717, 1.165) is 22.7 Å². The fourth-order valence-corrected chi connectivity index (χ4v) is 3.80. The van der Waals surface area contributed by atoms with Crippen LogP contribution in [0.25, 0.3) is 0 Å². The van der Waals surface area contributed by atoms with Crippen LogP contribution in [0.2, 0.25) is 0 Å². The molecular weight excluding hydrogens is 306 g/mol. The smallest absolute Gasteiger partial charge is 0.307 e. The Bertz CT molecular complexity index is 711. The maximum absolute atomic E-state index is 12.5. The van der Waals surface area contributed by atoms with Crippen molar-refractivity contribution in [3.05, 3.63) is 29.3 Å². The number of Topliss-reactive ketones (excluding diaryl/α,β-unsaturated/α-hetero) is 1. The highest BCUT2D eigenvalue weighted by Crippen LogP contribution is 2.25. The summed E-state index contributed by atoms with van der Waals surface area (Å²) in [6.07, 6.45) is 1.99. The predicted molar refractivity (Wildman–Crippen MR) is 80.3 cm³/mol. The zero-order chi connectivity index (χ0) is 16.5. The first-order valence-electron chi connectivity index (χ1n) is 7.08. The molecule has 1 aromatic carbocycles. The van der Waals surface area contributed by atoms with E-state index in [1.54, 1.807) is 6.07 Å². The van der Waals surface area contributed by atoms with Crippen LogP contribution in [0.1, 0.15) is 35.7 Å². The van der Waals surface area contributed by atoms with Crippen molar-refractivity contribution in [3.8, 4) is 0 Å². The molecule has 0 bridgehead atoms. The van der Waals surface area contributed by atoms with Crippen LogP contribution in [-0.4, -0.2) is 43.2 Å². The number of rotatable bonds is 5. The van der Waals surface area contributed by atoms with Crippen molar-refractivity contribution in [1.29, 1.82) is 0 Å². The normalized spacial score (nSPS) is 16.4. The molecule has 0 aromatic heterocycles. The Kier molecular flexibility index (Phi) is 4.67. The number of sulfonamides is 1. The van der Waals surface area contributed by atoms with Crippen LogP contribution in [0.3, 0.4) is 0 Å². The third kappa shape index (κ3) is 3.20. The van der Waals surface area contributed by atoms with Crippen molar-refractivity contribution < 1.29 is 23.1 Å². The lowest BCUT2D eigenvalue weighted by molar-refractivity contribution is -0.141. The minimum atomic E-state index is -3.81. The summed E-state index contributed by atoms with van der Waals surface area (Å²) in [5.74, 6) is -1.90. The van der Waals surface area contributed by atoms with E-state index >= 15 is 0 Å². The van der Waals surface area contributed by atoms with Crippen LogP contribution in [-0.2, 0) is 21.2 Å². The summed E-state index contributed by atoms with van der Waals surface area (Å²) in [4.78, 5) is 22.8. The van der Waals surface area contributed by atoms with E-state index < -0.39 is 21.9 Å². The molecule has 1 N–H and O–H groups in total. The molecule has 0 fully saturated rings. The van der Waals surface area contributed by atoms with Crippen LogP contribution in [0, 0.1) is 5.92 Å². The van der Waals surface area contributed by atoms with Gasteiger partial charge in [0.05, 0.1) is 10.8 Å². The fourth-order valence-electron chi connectivity index (χ4n) is 2.51. The third-order valence-electron chi connectivity index (χ3n) is 3.89. The lowest BCUT2D eigenvalue weighted by Crippen LogP contribution is -2.33. The Labute approximate surface area is 129 Å². The van der Waals surface area contributed by atoms with E-state index in [4.69, 9.17) is 5.11 Å². The van der Waals surface area contributed by atoms with Crippen molar-refractivity contribution >= 4 is 21.8 Å². The topological polar surface area (TPSA) is 91.8 Å². The fraction of sp³-hybridized carbons (Fsp3) is 0.467. The molecule has 120 valence electrons. The summed E-state index contributed by atoms with van der Waals surface area (Å²) >= 11 is 0. The van der Waals surface area contributed by atoms with E-state index in [0.29, 0.717) is 12.0 Å². The monoisotopic (exact) mass is 325 g/mol. The van der Waals surface area contributed by atoms with Gasteiger partial charge >= 0.3 is 5.97 Å². The number of carboxylic acid groups (broad SMARTS) is 1. The summed E-state index contributed by atoms with van der Waals surface area (Å²) < 4.78 is 26.0. The van der Waals surface area contributed by atoms with Crippen molar-refractivity contribution in [2.45, 2.75) is 31.1 Å². The maximum Gasteiger partial charge on any atom is 0.307 e. The molecule has 1 aliphatic carbocycles. The molecule has 0 aliphatic heterocycles. The molecule has 0 saturated heterocycles. The second-order valence-electron chi connectivity index (χ2n) is 5.62. The molecule has 22 heavy (non-hydrogen) atoms. The maximum atomic E-state index is 12.5. The SMILES string of the molecule is CC(CN(C)S(=O)(=O)c1ccc2c(c1)C(=O)CCC2)C(=O)O. The Morgan fingerprint density at radius 1 is 1.36 bits per heavy atom. The Morgan fingerprint density at radius 3 is 2.68 bits per heavy atom. The van der Waals surface area contributed by atoms with Crippen LogP contribution in [0.15, 0.2) is 23.1 Å². The second-order valence-corrected chi connectivity index (χ2v) is 7.67. The molecule has 1 aromatic rings. The number of aryl methyl sites for hydroxylation is 1. The molecule has 0 heterocycles. The number of ketones is 1. The summed E-state index contributed by atoms with van der Waals surface area (Å²) in [5, 5.41) is 8.89. The van der Waals surface area contributed by atoms with Crippen molar-refractivity contribution in [2.75, 3.05) is 13.6 Å². The first-order chi connectivity index (χ1) is 10.2. The molecule has 6 nitrogen and oxygen atoms in total. The number of benzene rings is 1. The molecule has 0 amide bonds. The molecule has 2 rings (SSSR count). The van der Waals surface area contributed by atoms with Gasteiger partial charge < -0.3 is 5.11 Å². The van der Waals surface area contributed by atoms with Crippen LogP contribution < -0.4 is 0 Å². The number of carbonyl (C=O) groups excluding carboxylic acids is 1. The van der Waals surface area contributed by atoms with E-state index in [1.165, 1.54) is 26.1 Å². The number of carbonyl (C=O) groups is 2. The van der Waals surface area contributed by atoms with Crippen molar-refractivity contribution in [3.63, 3.8) is 0 Å². The third-order valence-corrected chi connectivity index (χ3v) is 5.71.